The number of benzene rings is 1. The monoisotopic (exact) mass is 391 g/mol. The van der Waals surface area contributed by atoms with Crippen molar-refractivity contribution in [1.29, 1.82) is 0 Å². The number of carbonyl (C=O) groups is 1. The molecule has 2 rings (SSSR count). The summed E-state index contributed by atoms with van der Waals surface area (Å²) in [4.78, 5) is 11.9. The molecule has 2 aromatic rings. The van der Waals surface area contributed by atoms with E-state index < -0.39 is 15.0 Å². The summed E-state index contributed by atoms with van der Waals surface area (Å²) in [7, 11) is 1.39. The number of rotatable bonds is 4. The number of furan rings is 1. The molecule has 0 saturated carbocycles. The van der Waals surface area contributed by atoms with E-state index in [1.54, 1.807) is 19.1 Å². The van der Waals surface area contributed by atoms with Gasteiger partial charge in [0.2, 0.25) is 0 Å². The Balaban J connectivity index is 2.17. The molecule has 0 saturated heterocycles. The Morgan fingerprint density at radius 1 is 1.33 bits per heavy atom. The van der Waals surface area contributed by atoms with Crippen LogP contribution in [0.25, 0.3) is 0 Å². The van der Waals surface area contributed by atoms with Gasteiger partial charge in [-0.05, 0) is 37.3 Å². The lowest BCUT2D eigenvalue weighted by Gasteiger charge is -2.06. The fourth-order valence-electron chi connectivity index (χ4n) is 1.68. The van der Waals surface area contributed by atoms with Crippen LogP contribution in [0.2, 0.25) is 0 Å². The Morgan fingerprint density at radius 3 is 2.62 bits per heavy atom. The van der Waals surface area contributed by atoms with E-state index in [0.29, 0.717) is 10.2 Å². The van der Waals surface area contributed by atoms with E-state index in [1.165, 1.54) is 18.2 Å². The maximum atomic E-state index is 12.0. The molecule has 0 bridgehead atoms. The molecule has 1 amide bonds. The smallest absolute Gasteiger partial charge is 0.261 e. The average Bonchev–Trinajstić information content (AvgIpc) is 2.80. The van der Waals surface area contributed by atoms with Gasteiger partial charge in [-0.15, -0.1) is 0 Å². The maximum absolute atomic E-state index is 12.0. The van der Waals surface area contributed by atoms with Gasteiger partial charge in [0, 0.05) is 20.7 Å². The first-order valence-corrected chi connectivity index (χ1v) is 8.95. The molecule has 21 heavy (non-hydrogen) atoms. The van der Waals surface area contributed by atoms with Gasteiger partial charge in [0.15, 0.2) is 0 Å². The molecule has 1 N–H and O–H groups in total. The van der Waals surface area contributed by atoms with Crippen LogP contribution in [0.15, 0.2) is 44.1 Å². The fraction of sp³-hybridized carbons (Fsp3) is 0.154. The zero-order chi connectivity index (χ0) is 15.6. The molecule has 8 heteroatoms. The third kappa shape index (κ3) is 4.33. The van der Waals surface area contributed by atoms with Crippen LogP contribution in [-0.2, 0) is 15.6 Å². The summed E-state index contributed by atoms with van der Waals surface area (Å²) >= 11 is 3.15. The Kier molecular flexibility index (Phi) is 4.75. The normalized spacial score (nSPS) is 11.4. The maximum Gasteiger partial charge on any atom is 0.261 e. The molecule has 0 radical (unpaired) electrons. The molecule has 0 spiro atoms. The van der Waals surface area contributed by atoms with Gasteiger partial charge in [-0.25, -0.2) is 8.42 Å². The van der Waals surface area contributed by atoms with Gasteiger partial charge in [0.05, 0.1) is 11.4 Å². The minimum atomic E-state index is -3.90. The molecule has 1 heterocycles. The van der Waals surface area contributed by atoms with Crippen LogP contribution in [0.3, 0.4) is 0 Å². The summed E-state index contributed by atoms with van der Waals surface area (Å²) in [5.41, 5.74) is 0.187. The van der Waals surface area contributed by atoms with Crippen molar-refractivity contribution in [2.75, 3.05) is 0 Å². The predicted octanol–water partition coefficient (Wildman–Crippen LogP) is 3.21. The van der Waals surface area contributed by atoms with Crippen LogP contribution in [0, 0.1) is 6.92 Å². The molecule has 5 nitrogen and oxygen atoms in total. The van der Waals surface area contributed by atoms with Gasteiger partial charge in [0.1, 0.15) is 11.5 Å². The fourth-order valence-corrected chi connectivity index (χ4v) is 3.13. The summed E-state index contributed by atoms with van der Waals surface area (Å²) in [6.07, 6.45) is 0. The Labute approximate surface area is 134 Å². The highest BCUT2D eigenvalue weighted by molar-refractivity contribution is 9.10. The lowest BCUT2D eigenvalue weighted by atomic mass is 10.2. The van der Waals surface area contributed by atoms with E-state index in [4.69, 9.17) is 15.1 Å². The molecule has 1 aromatic heterocycles. The molecule has 0 fully saturated rings. The largest absolute Gasteiger partial charge is 0.465 e. The first-order valence-electron chi connectivity index (χ1n) is 5.84. The summed E-state index contributed by atoms with van der Waals surface area (Å²) in [6, 6.07) is 7.60. The summed E-state index contributed by atoms with van der Waals surface area (Å²) in [6.45, 7) is 2.01. The zero-order valence-electron chi connectivity index (χ0n) is 10.9. The van der Waals surface area contributed by atoms with Crippen molar-refractivity contribution in [3.8, 4) is 0 Å². The van der Waals surface area contributed by atoms with E-state index in [-0.39, 0.29) is 17.0 Å². The second-order valence-corrected chi connectivity index (χ2v) is 7.79. The number of amides is 1. The molecule has 0 atom stereocenters. The summed E-state index contributed by atoms with van der Waals surface area (Å²) in [5.74, 6) is 0.935. The predicted molar refractivity (Wildman–Crippen MR) is 81.8 cm³/mol. The van der Waals surface area contributed by atoms with Crippen LogP contribution in [0.5, 0.6) is 0 Å². The van der Waals surface area contributed by atoms with Gasteiger partial charge in [-0.2, -0.15) is 0 Å². The molecule has 1 aromatic carbocycles. The van der Waals surface area contributed by atoms with Gasteiger partial charge >= 0.3 is 0 Å². The molecule has 0 unspecified atom stereocenters. The lowest BCUT2D eigenvalue weighted by Crippen LogP contribution is -2.22. The van der Waals surface area contributed by atoms with E-state index in [1.807, 2.05) is 0 Å². The molecular formula is C13H11BrClNO4S. The molecule has 0 aliphatic carbocycles. The van der Waals surface area contributed by atoms with Crippen LogP contribution in [0.4, 0.5) is 0 Å². The first kappa shape index (κ1) is 16.1. The number of carbonyl (C=O) groups excluding carboxylic acids is 1. The van der Waals surface area contributed by atoms with Crippen LogP contribution in [0.1, 0.15) is 21.9 Å². The average molecular weight is 393 g/mol. The van der Waals surface area contributed by atoms with Crippen molar-refractivity contribution in [3.63, 3.8) is 0 Å². The second kappa shape index (κ2) is 6.21. The Morgan fingerprint density at radius 2 is 2.05 bits per heavy atom. The standard InChI is InChI=1S/C13H11BrClNO4S/c1-8-2-3-11(20-8)7-16-13(17)9-4-10(14)6-12(5-9)21(15,18)19/h2-6H,7H2,1H3,(H,16,17). The third-order valence-electron chi connectivity index (χ3n) is 2.63. The van der Waals surface area contributed by atoms with Crippen molar-refractivity contribution in [1.82, 2.24) is 5.32 Å². The van der Waals surface area contributed by atoms with E-state index in [0.717, 1.165) is 5.76 Å². The summed E-state index contributed by atoms with van der Waals surface area (Å²) < 4.78 is 28.5. The first-order chi connectivity index (χ1) is 9.75. The third-order valence-corrected chi connectivity index (χ3v) is 4.43. The molecule has 112 valence electrons. The van der Waals surface area contributed by atoms with Gasteiger partial charge < -0.3 is 9.73 Å². The minimum absolute atomic E-state index is 0.141. The topological polar surface area (TPSA) is 76.4 Å². The highest BCUT2D eigenvalue weighted by Gasteiger charge is 2.15. The minimum Gasteiger partial charge on any atom is -0.465 e. The SMILES string of the molecule is Cc1ccc(CNC(=O)c2cc(Br)cc(S(=O)(=O)Cl)c2)o1. The molecular weight excluding hydrogens is 382 g/mol. The summed E-state index contributed by atoms with van der Waals surface area (Å²) in [5, 5.41) is 2.64. The number of nitrogens with one attached hydrogen (secondary N) is 1. The number of halogens is 2. The zero-order valence-corrected chi connectivity index (χ0v) is 14.0. The van der Waals surface area contributed by atoms with Crippen molar-refractivity contribution in [3.05, 3.63) is 51.9 Å². The van der Waals surface area contributed by atoms with Crippen LogP contribution < -0.4 is 5.32 Å². The highest BCUT2D eigenvalue weighted by Crippen LogP contribution is 2.22. The van der Waals surface area contributed by atoms with Gasteiger partial charge in [-0.1, -0.05) is 15.9 Å². The van der Waals surface area contributed by atoms with E-state index in [9.17, 15) is 13.2 Å². The van der Waals surface area contributed by atoms with Crippen LogP contribution >= 0.6 is 26.6 Å². The molecule has 0 aliphatic rings. The van der Waals surface area contributed by atoms with E-state index in [2.05, 4.69) is 21.2 Å². The van der Waals surface area contributed by atoms with Gasteiger partial charge in [-0.3, -0.25) is 4.79 Å². The highest BCUT2D eigenvalue weighted by atomic mass is 79.9. The second-order valence-electron chi connectivity index (χ2n) is 4.31. The lowest BCUT2D eigenvalue weighted by molar-refractivity contribution is 0.0947. The number of hydrogen-bond donors (Lipinski definition) is 1. The Hall–Kier alpha value is -1.31. The van der Waals surface area contributed by atoms with Crippen molar-refractivity contribution in [2.45, 2.75) is 18.4 Å². The number of aryl methyl sites for hydroxylation is 1. The van der Waals surface area contributed by atoms with E-state index >= 15 is 0 Å². The van der Waals surface area contributed by atoms with Crippen molar-refractivity contribution in [2.24, 2.45) is 0 Å². The van der Waals surface area contributed by atoms with Crippen molar-refractivity contribution < 1.29 is 17.6 Å². The quantitative estimate of drug-likeness (QED) is 0.811. The molecule has 0 aliphatic heterocycles. The Bertz CT molecular complexity index is 785. The van der Waals surface area contributed by atoms with Crippen molar-refractivity contribution >= 4 is 41.6 Å². The number of hydrogen-bond acceptors (Lipinski definition) is 4. The van der Waals surface area contributed by atoms with Gasteiger partial charge in [0.25, 0.3) is 15.0 Å². The van der Waals surface area contributed by atoms with Crippen LogP contribution in [-0.4, -0.2) is 14.3 Å².